The lowest BCUT2D eigenvalue weighted by molar-refractivity contribution is -0.138. The first kappa shape index (κ1) is 28.7. The molecular formula is C27H29F3N6O4. The molecule has 0 spiro atoms. The highest BCUT2D eigenvalue weighted by Crippen LogP contribution is 2.39. The molecule has 3 heterocycles. The Balaban J connectivity index is 1.41. The average molecular weight is 559 g/mol. The Morgan fingerprint density at radius 2 is 1.93 bits per heavy atom. The van der Waals surface area contributed by atoms with Crippen LogP contribution in [0.2, 0.25) is 0 Å². The molecule has 0 radical (unpaired) electrons. The van der Waals surface area contributed by atoms with E-state index in [1.165, 1.54) is 23.4 Å². The van der Waals surface area contributed by atoms with E-state index in [0.717, 1.165) is 6.07 Å². The molecule has 3 aromatic rings. The summed E-state index contributed by atoms with van der Waals surface area (Å²) in [5, 5.41) is 9.44. The van der Waals surface area contributed by atoms with Crippen molar-refractivity contribution >= 4 is 23.0 Å². The van der Waals surface area contributed by atoms with Gasteiger partial charge in [-0.1, -0.05) is 0 Å². The van der Waals surface area contributed by atoms with E-state index >= 15 is 0 Å². The van der Waals surface area contributed by atoms with Crippen LogP contribution in [0.15, 0.2) is 30.6 Å². The number of hydrogen-bond acceptors (Lipinski definition) is 7. The van der Waals surface area contributed by atoms with Gasteiger partial charge in [0, 0.05) is 32.2 Å². The van der Waals surface area contributed by atoms with Crippen LogP contribution in [0.25, 0.3) is 22.3 Å². The molecule has 0 bridgehead atoms. The van der Waals surface area contributed by atoms with Crippen molar-refractivity contribution in [3.63, 3.8) is 0 Å². The molecule has 1 aromatic carbocycles. The number of halogens is 3. The van der Waals surface area contributed by atoms with E-state index in [9.17, 15) is 28.0 Å². The molecule has 40 heavy (non-hydrogen) atoms. The van der Waals surface area contributed by atoms with Gasteiger partial charge in [-0.05, 0) is 51.5 Å². The lowest BCUT2D eigenvalue weighted by Gasteiger charge is -2.35. The third-order valence-electron chi connectivity index (χ3n) is 6.20. The van der Waals surface area contributed by atoms with Gasteiger partial charge in [-0.2, -0.15) is 18.4 Å². The number of nitriles is 1. The summed E-state index contributed by atoms with van der Waals surface area (Å²) >= 11 is 0. The molecule has 0 unspecified atom stereocenters. The molecule has 4 rings (SSSR count). The fourth-order valence-electron chi connectivity index (χ4n) is 4.25. The van der Waals surface area contributed by atoms with Crippen molar-refractivity contribution in [3.05, 3.63) is 41.9 Å². The zero-order valence-electron chi connectivity index (χ0n) is 22.6. The number of benzene rings is 1. The fourth-order valence-corrected chi connectivity index (χ4v) is 4.25. The minimum absolute atomic E-state index is 0.0171. The maximum Gasteiger partial charge on any atom is 0.419 e. The molecule has 212 valence electrons. The van der Waals surface area contributed by atoms with E-state index in [4.69, 9.17) is 9.47 Å². The number of rotatable bonds is 6. The van der Waals surface area contributed by atoms with Crippen LogP contribution in [0.1, 0.15) is 38.4 Å². The largest absolute Gasteiger partial charge is 0.493 e. The Labute approximate surface area is 228 Å². The summed E-state index contributed by atoms with van der Waals surface area (Å²) in [5.74, 6) is -0.619. The molecule has 10 nitrogen and oxygen atoms in total. The van der Waals surface area contributed by atoms with Gasteiger partial charge in [0.25, 0.3) is 0 Å². The average Bonchev–Trinajstić information content (AvgIpc) is 3.25. The number of hydrogen-bond donors (Lipinski definition) is 0. The van der Waals surface area contributed by atoms with Gasteiger partial charge in [-0.25, -0.2) is 14.8 Å². The molecule has 0 aliphatic carbocycles. The van der Waals surface area contributed by atoms with Crippen molar-refractivity contribution < 1.29 is 32.2 Å². The summed E-state index contributed by atoms with van der Waals surface area (Å²) in [5.41, 5.74) is -0.320. The number of ether oxygens (including phenoxy) is 2. The topological polar surface area (TPSA) is 114 Å². The highest BCUT2D eigenvalue weighted by atomic mass is 19.4. The number of fused-ring (bicyclic) bond motifs is 1. The summed E-state index contributed by atoms with van der Waals surface area (Å²) in [4.78, 5) is 35.9. The summed E-state index contributed by atoms with van der Waals surface area (Å²) in [6.45, 7) is 5.90. The number of alkyl halides is 3. The van der Waals surface area contributed by atoms with Gasteiger partial charge >= 0.3 is 12.3 Å². The molecule has 1 saturated heterocycles. The van der Waals surface area contributed by atoms with Crippen LogP contribution >= 0.6 is 0 Å². The quantitative estimate of drug-likeness (QED) is 0.413. The monoisotopic (exact) mass is 558 g/mol. The first-order valence-electron chi connectivity index (χ1n) is 12.6. The summed E-state index contributed by atoms with van der Waals surface area (Å²) in [6.07, 6.45) is -3.47. The predicted molar refractivity (Wildman–Crippen MR) is 138 cm³/mol. The molecule has 0 atom stereocenters. The predicted octanol–water partition coefficient (Wildman–Crippen LogP) is 4.37. The van der Waals surface area contributed by atoms with Gasteiger partial charge in [-0.3, -0.25) is 9.69 Å². The minimum atomic E-state index is -4.70. The smallest absolute Gasteiger partial charge is 0.419 e. The van der Waals surface area contributed by atoms with Crippen LogP contribution in [0.5, 0.6) is 5.75 Å². The third kappa shape index (κ3) is 6.44. The maximum absolute atomic E-state index is 14.0. The fraction of sp³-hybridized carbons (Fsp3) is 0.444. The zero-order valence-corrected chi connectivity index (χ0v) is 22.6. The Kier molecular flexibility index (Phi) is 7.91. The van der Waals surface area contributed by atoms with Gasteiger partial charge in [0.15, 0.2) is 5.69 Å². The molecule has 2 aromatic heterocycles. The first-order valence-corrected chi connectivity index (χ1v) is 12.6. The van der Waals surface area contributed by atoms with E-state index in [1.54, 1.807) is 43.4 Å². The molecule has 0 saturated carbocycles. The lowest BCUT2D eigenvalue weighted by Crippen LogP contribution is -2.53. The molecule has 1 aliphatic heterocycles. The van der Waals surface area contributed by atoms with E-state index in [0.29, 0.717) is 30.5 Å². The zero-order chi connectivity index (χ0) is 29.2. The standard InChI is InChI=1S/C27H29F3N6O4/c1-26(2,3)40-25(38)36-10-9-35(23(37)15-36)8-5-11-39-22-7-6-17(12-18(22)27(28,29)30)19-13-21-24(20(14-31)33-19)32-16-34(21)4/h6-7,12-13,16H,5,8-11,15H2,1-4H3. The van der Waals surface area contributed by atoms with Crippen molar-refractivity contribution in [2.75, 3.05) is 32.8 Å². The Hall–Kier alpha value is -4.34. The van der Waals surface area contributed by atoms with Gasteiger partial charge in [0.2, 0.25) is 5.91 Å². The van der Waals surface area contributed by atoms with Crippen molar-refractivity contribution in [3.8, 4) is 23.1 Å². The highest BCUT2D eigenvalue weighted by molar-refractivity contribution is 5.85. The molecular weight excluding hydrogens is 529 g/mol. The molecule has 13 heteroatoms. The number of carbonyl (C=O) groups is 2. The van der Waals surface area contributed by atoms with Crippen LogP contribution in [0.3, 0.4) is 0 Å². The molecule has 1 aliphatic rings. The molecule has 1 fully saturated rings. The Bertz CT molecular complexity index is 1470. The number of piperazine rings is 1. The summed E-state index contributed by atoms with van der Waals surface area (Å²) in [6, 6.07) is 7.15. The van der Waals surface area contributed by atoms with Crippen LogP contribution in [-0.2, 0) is 22.8 Å². The van der Waals surface area contributed by atoms with Crippen molar-refractivity contribution in [2.45, 2.75) is 39.0 Å². The van der Waals surface area contributed by atoms with Gasteiger partial charge in [0.05, 0.1) is 29.7 Å². The Morgan fingerprint density at radius 1 is 1.18 bits per heavy atom. The number of nitrogens with zero attached hydrogens (tertiary/aromatic N) is 6. The van der Waals surface area contributed by atoms with Crippen LogP contribution < -0.4 is 4.74 Å². The molecule has 2 amide bonds. The van der Waals surface area contributed by atoms with Crippen LogP contribution in [0.4, 0.5) is 18.0 Å². The minimum Gasteiger partial charge on any atom is -0.493 e. The number of carbonyl (C=O) groups excluding carboxylic acids is 2. The number of aryl methyl sites for hydroxylation is 1. The SMILES string of the molecule is Cn1cnc2c(C#N)nc(-c3ccc(OCCCN4CCN(C(=O)OC(C)(C)C)CC4=O)c(C(F)(F)F)c3)cc21. The summed E-state index contributed by atoms with van der Waals surface area (Å²) < 4.78 is 54.3. The second kappa shape index (κ2) is 11.0. The second-order valence-electron chi connectivity index (χ2n) is 10.4. The van der Waals surface area contributed by atoms with E-state index in [2.05, 4.69) is 9.97 Å². The molecule has 0 N–H and O–H groups in total. The van der Waals surface area contributed by atoms with Gasteiger partial charge < -0.3 is 18.9 Å². The van der Waals surface area contributed by atoms with E-state index in [-0.39, 0.29) is 48.3 Å². The normalized spacial score (nSPS) is 14.4. The first-order chi connectivity index (χ1) is 18.8. The van der Waals surface area contributed by atoms with Crippen LogP contribution in [0, 0.1) is 11.3 Å². The number of imidazole rings is 1. The van der Waals surface area contributed by atoms with Crippen molar-refractivity contribution in [2.24, 2.45) is 7.05 Å². The van der Waals surface area contributed by atoms with E-state index in [1.807, 2.05) is 6.07 Å². The van der Waals surface area contributed by atoms with E-state index < -0.39 is 23.4 Å². The number of pyridine rings is 1. The maximum atomic E-state index is 14.0. The lowest BCUT2D eigenvalue weighted by atomic mass is 10.1. The summed E-state index contributed by atoms with van der Waals surface area (Å²) in [7, 11) is 1.72. The second-order valence-corrected chi connectivity index (χ2v) is 10.4. The van der Waals surface area contributed by atoms with Crippen molar-refractivity contribution in [1.29, 1.82) is 5.26 Å². The van der Waals surface area contributed by atoms with Gasteiger partial charge in [0.1, 0.15) is 29.5 Å². The number of aromatic nitrogens is 3. The Morgan fingerprint density at radius 3 is 2.58 bits per heavy atom. The highest BCUT2D eigenvalue weighted by Gasteiger charge is 2.35. The van der Waals surface area contributed by atoms with Crippen LogP contribution in [-0.4, -0.2) is 74.7 Å². The third-order valence-corrected chi connectivity index (χ3v) is 6.20. The van der Waals surface area contributed by atoms with Crippen molar-refractivity contribution in [1.82, 2.24) is 24.3 Å². The van der Waals surface area contributed by atoms with Gasteiger partial charge in [-0.15, -0.1) is 0 Å². The number of amides is 2.